The predicted octanol–water partition coefficient (Wildman–Crippen LogP) is 2.19. The van der Waals surface area contributed by atoms with E-state index in [-0.39, 0.29) is 11.5 Å². The second kappa shape index (κ2) is 8.41. The van der Waals surface area contributed by atoms with Crippen molar-refractivity contribution < 1.29 is 27.5 Å². The molecule has 1 aliphatic rings. The Hall–Kier alpha value is -2.61. The first kappa shape index (κ1) is 21.1. The fourth-order valence-electron chi connectivity index (χ4n) is 3.33. The summed E-state index contributed by atoms with van der Waals surface area (Å²) >= 11 is 0. The van der Waals surface area contributed by atoms with Crippen LogP contribution in [0.25, 0.3) is 10.8 Å². The summed E-state index contributed by atoms with van der Waals surface area (Å²) in [7, 11) is -1.48. The fraction of sp³-hybridized carbons (Fsp3) is 0.429. The summed E-state index contributed by atoms with van der Waals surface area (Å²) in [6.07, 6.45) is -0.620. The van der Waals surface area contributed by atoms with E-state index in [1.54, 1.807) is 14.0 Å². The molecule has 8 heteroatoms. The Morgan fingerprint density at radius 3 is 2.45 bits per heavy atom. The van der Waals surface area contributed by atoms with Gasteiger partial charge in [-0.15, -0.1) is 0 Å². The maximum Gasteiger partial charge on any atom is 0.313 e. The standard InChI is InChI=1S/C21H25NO6S/c1-13(15-4-5-17-11-19(27-3)7-6-16(17)10-15)21(24)28-14(2)20(23)22-18-8-9-29(25,26)12-18/h4-7,10-11,13-14,18H,8-9,12H2,1-3H3,(H,22,23)/t13-,14+,18+/m0/s1. The normalized spacial score (nSPS) is 20.0. The summed E-state index contributed by atoms with van der Waals surface area (Å²) in [6.45, 7) is 3.21. The molecule has 0 aromatic heterocycles. The van der Waals surface area contributed by atoms with E-state index in [9.17, 15) is 18.0 Å². The molecule has 0 spiro atoms. The molecule has 1 N–H and O–H groups in total. The van der Waals surface area contributed by atoms with E-state index in [4.69, 9.17) is 9.47 Å². The zero-order chi connectivity index (χ0) is 21.2. The number of benzene rings is 2. The highest BCUT2D eigenvalue weighted by molar-refractivity contribution is 7.91. The highest BCUT2D eigenvalue weighted by Gasteiger charge is 2.31. The molecule has 3 rings (SSSR count). The van der Waals surface area contributed by atoms with E-state index in [0.29, 0.717) is 6.42 Å². The Morgan fingerprint density at radius 1 is 1.10 bits per heavy atom. The van der Waals surface area contributed by atoms with Gasteiger partial charge in [-0.05, 0) is 48.7 Å². The molecule has 0 bridgehead atoms. The number of esters is 1. The molecule has 29 heavy (non-hydrogen) atoms. The van der Waals surface area contributed by atoms with Gasteiger partial charge in [0.05, 0.1) is 24.5 Å². The number of hydrogen-bond acceptors (Lipinski definition) is 6. The summed E-state index contributed by atoms with van der Waals surface area (Å²) in [5.74, 6) is -0.802. The van der Waals surface area contributed by atoms with E-state index in [1.807, 2.05) is 36.4 Å². The Balaban J connectivity index is 1.62. The van der Waals surface area contributed by atoms with E-state index in [2.05, 4.69) is 5.32 Å². The first-order chi connectivity index (χ1) is 13.7. The maximum atomic E-state index is 12.5. The molecular weight excluding hydrogens is 394 g/mol. The van der Waals surface area contributed by atoms with Crippen LogP contribution in [0, 0.1) is 0 Å². The van der Waals surface area contributed by atoms with E-state index in [0.717, 1.165) is 22.1 Å². The van der Waals surface area contributed by atoms with Crippen LogP contribution < -0.4 is 10.1 Å². The zero-order valence-corrected chi connectivity index (χ0v) is 17.5. The number of nitrogens with one attached hydrogen (secondary N) is 1. The lowest BCUT2D eigenvalue weighted by Crippen LogP contribution is -2.42. The highest BCUT2D eigenvalue weighted by Crippen LogP contribution is 2.26. The molecule has 2 aromatic rings. The smallest absolute Gasteiger partial charge is 0.313 e. The van der Waals surface area contributed by atoms with Crippen molar-refractivity contribution >= 4 is 32.5 Å². The minimum Gasteiger partial charge on any atom is -0.497 e. The summed E-state index contributed by atoms with van der Waals surface area (Å²) < 4.78 is 33.5. The van der Waals surface area contributed by atoms with Gasteiger partial charge in [0.15, 0.2) is 15.9 Å². The Kier molecular flexibility index (Phi) is 6.12. The van der Waals surface area contributed by atoms with Crippen LogP contribution in [0.5, 0.6) is 5.75 Å². The third kappa shape index (κ3) is 5.06. The third-order valence-corrected chi connectivity index (χ3v) is 6.93. The molecule has 7 nitrogen and oxygen atoms in total. The number of carbonyl (C=O) groups is 2. The average molecular weight is 419 g/mol. The van der Waals surface area contributed by atoms with Crippen molar-refractivity contribution in [2.24, 2.45) is 0 Å². The van der Waals surface area contributed by atoms with E-state index < -0.39 is 39.8 Å². The number of sulfone groups is 1. The van der Waals surface area contributed by atoms with Crippen LogP contribution in [0.1, 0.15) is 31.7 Å². The summed E-state index contributed by atoms with van der Waals surface area (Å²) in [5, 5.41) is 4.61. The molecule has 0 aliphatic carbocycles. The van der Waals surface area contributed by atoms with Gasteiger partial charge in [-0.1, -0.05) is 24.3 Å². The molecular formula is C21H25NO6S. The SMILES string of the molecule is COc1ccc2cc([C@H](C)C(=O)O[C@H](C)C(=O)N[C@@H]3CCS(=O)(=O)C3)ccc2c1. The van der Waals surface area contributed by atoms with Crippen molar-refractivity contribution in [3.8, 4) is 5.75 Å². The second-order valence-electron chi connectivity index (χ2n) is 7.38. The molecule has 156 valence electrons. The summed E-state index contributed by atoms with van der Waals surface area (Å²) in [6, 6.07) is 10.9. The first-order valence-corrected chi connectivity index (χ1v) is 11.3. The van der Waals surface area contributed by atoms with Gasteiger partial charge in [-0.3, -0.25) is 9.59 Å². The van der Waals surface area contributed by atoms with Crippen molar-refractivity contribution in [3.05, 3.63) is 42.0 Å². The lowest BCUT2D eigenvalue weighted by Gasteiger charge is -2.19. The van der Waals surface area contributed by atoms with Gasteiger partial charge in [0, 0.05) is 6.04 Å². The largest absolute Gasteiger partial charge is 0.497 e. The molecule has 0 saturated carbocycles. The van der Waals surface area contributed by atoms with Crippen molar-refractivity contribution in [3.63, 3.8) is 0 Å². The summed E-state index contributed by atoms with van der Waals surface area (Å²) in [5.41, 5.74) is 0.780. The first-order valence-electron chi connectivity index (χ1n) is 9.47. The molecule has 3 atom stereocenters. The second-order valence-corrected chi connectivity index (χ2v) is 9.61. The van der Waals surface area contributed by atoms with Gasteiger partial charge >= 0.3 is 5.97 Å². The average Bonchev–Trinajstić information content (AvgIpc) is 3.04. The maximum absolute atomic E-state index is 12.5. The molecule has 1 amide bonds. The molecule has 1 saturated heterocycles. The van der Waals surface area contributed by atoms with Crippen LogP contribution >= 0.6 is 0 Å². The van der Waals surface area contributed by atoms with Crippen molar-refractivity contribution in [1.82, 2.24) is 5.32 Å². The number of methoxy groups -OCH3 is 1. The zero-order valence-electron chi connectivity index (χ0n) is 16.7. The Bertz CT molecular complexity index is 1030. The van der Waals surface area contributed by atoms with Crippen LogP contribution in [-0.2, 0) is 24.2 Å². The van der Waals surface area contributed by atoms with Gasteiger partial charge in [-0.25, -0.2) is 8.42 Å². The number of ether oxygens (including phenoxy) is 2. The fourth-order valence-corrected chi connectivity index (χ4v) is 5.01. The molecule has 2 aromatic carbocycles. The summed E-state index contributed by atoms with van der Waals surface area (Å²) in [4.78, 5) is 24.8. The van der Waals surface area contributed by atoms with Gasteiger partial charge in [-0.2, -0.15) is 0 Å². The van der Waals surface area contributed by atoms with E-state index in [1.165, 1.54) is 6.92 Å². The van der Waals surface area contributed by atoms with Crippen molar-refractivity contribution in [1.29, 1.82) is 0 Å². The van der Waals surface area contributed by atoms with Crippen LogP contribution in [-0.4, -0.2) is 51.1 Å². The van der Waals surface area contributed by atoms with Crippen molar-refractivity contribution in [2.75, 3.05) is 18.6 Å². The third-order valence-electron chi connectivity index (χ3n) is 5.17. The van der Waals surface area contributed by atoms with Gasteiger partial charge in [0.1, 0.15) is 5.75 Å². The molecule has 0 unspecified atom stereocenters. The highest BCUT2D eigenvalue weighted by atomic mass is 32.2. The minimum atomic E-state index is -3.09. The van der Waals surface area contributed by atoms with Crippen molar-refractivity contribution in [2.45, 2.75) is 38.3 Å². The monoisotopic (exact) mass is 419 g/mol. The lowest BCUT2D eigenvalue weighted by molar-refractivity contribution is -0.156. The Morgan fingerprint density at radius 2 is 1.79 bits per heavy atom. The molecule has 1 heterocycles. The van der Waals surface area contributed by atoms with Crippen LogP contribution in [0.3, 0.4) is 0 Å². The van der Waals surface area contributed by atoms with Gasteiger partial charge in [0.25, 0.3) is 5.91 Å². The predicted molar refractivity (Wildman–Crippen MR) is 110 cm³/mol. The lowest BCUT2D eigenvalue weighted by atomic mass is 9.98. The van der Waals surface area contributed by atoms with Crippen LogP contribution in [0.15, 0.2) is 36.4 Å². The molecule has 1 aliphatic heterocycles. The number of rotatable bonds is 6. The van der Waals surface area contributed by atoms with Gasteiger partial charge in [0.2, 0.25) is 0 Å². The van der Waals surface area contributed by atoms with Gasteiger partial charge < -0.3 is 14.8 Å². The molecule has 0 radical (unpaired) electrons. The number of carbonyl (C=O) groups excluding carboxylic acids is 2. The minimum absolute atomic E-state index is 0.0665. The Labute approximate surface area is 170 Å². The van der Waals surface area contributed by atoms with Crippen LogP contribution in [0.4, 0.5) is 0 Å². The number of hydrogen-bond donors (Lipinski definition) is 1. The van der Waals surface area contributed by atoms with Crippen LogP contribution in [0.2, 0.25) is 0 Å². The number of amides is 1. The number of fused-ring (bicyclic) bond motifs is 1. The van der Waals surface area contributed by atoms with E-state index >= 15 is 0 Å². The quantitative estimate of drug-likeness (QED) is 0.721. The topological polar surface area (TPSA) is 98.8 Å². The molecule has 1 fully saturated rings.